The van der Waals surface area contributed by atoms with Crippen molar-refractivity contribution in [2.24, 2.45) is 5.92 Å². The van der Waals surface area contributed by atoms with E-state index in [1.54, 1.807) is 7.11 Å². The molecule has 0 N–H and O–H groups in total. The highest BCUT2D eigenvalue weighted by atomic mass is 35.5. The highest BCUT2D eigenvalue weighted by Gasteiger charge is 2.20. The molecule has 0 aliphatic carbocycles. The Labute approximate surface area is 146 Å². The van der Waals surface area contributed by atoms with Crippen LogP contribution in [0.2, 0.25) is 5.15 Å². The Bertz CT molecular complexity index is 754. The summed E-state index contributed by atoms with van der Waals surface area (Å²) < 4.78 is 11.4. The molecule has 0 atom stereocenters. The normalized spacial score (nSPS) is 16.0. The summed E-state index contributed by atoms with van der Waals surface area (Å²) in [4.78, 5) is 10.4. The quantitative estimate of drug-likeness (QED) is 0.612. The Kier molecular flexibility index (Phi) is 5.34. The molecule has 3 rings (SSSR count). The van der Waals surface area contributed by atoms with Gasteiger partial charge in [-0.3, -0.25) is 4.90 Å². The maximum atomic E-state index is 8.75. The maximum Gasteiger partial charge on any atom is 0.163 e. The van der Waals surface area contributed by atoms with Crippen LogP contribution < -0.4 is 9.47 Å². The molecule has 0 bridgehead atoms. The number of methoxy groups -OCH3 is 1. The van der Waals surface area contributed by atoms with Gasteiger partial charge >= 0.3 is 0 Å². The number of fused-ring (bicyclic) bond motifs is 1. The molecule has 2 aromatic rings. The smallest absolute Gasteiger partial charge is 0.163 e. The topological polar surface area (TPSA) is 71.3 Å². The molecule has 1 aromatic carbocycles. The second kappa shape index (κ2) is 7.65. The van der Waals surface area contributed by atoms with E-state index in [1.165, 1.54) is 6.33 Å². The molecule has 24 heavy (non-hydrogen) atoms. The van der Waals surface area contributed by atoms with Gasteiger partial charge < -0.3 is 9.47 Å². The average molecular weight is 347 g/mol. The summed E-state index contributed by atoms with van der Waals surface area (Å²) in [6, 6.07) is 5.85. The maximum absolute atomic E-state index is 8.75. The molecule has 1 aliphatic rings. The fourth-order valence-electron chi connectivity index (χ4n) is 2.92. The van der Waals surface area contributed by atoms with Gasteiger partial charge in [0, 0.05) is 11.5 Å². The van der Waals surface area contributed by atoms with E-state index >= 15 is 0 Å². The predicted molar refractivity (Wildman–Crippen MR) is 91.4 cm³/mol. The molecule has 0 radical (unpaired) electrons. The first kappa shape index (κ1) is 16.7. The molecule has 6 nitrogen and oxygen atoms in total. The Morgan fingerprint density at radius 2 is 2.08 bits per heavy atom. The third-order valence-electron chi connectivity index (χ3n) is 4.35. The van der Waals surface area contributed by atoms with Crippen LogP contribution in [0.4, 0.5) is 0 Å². The van der Waals surface area contributed by atoms with Crippen LogP contribution >= 0.6 is 11.6 Å². The number of benzene rings is 1. The lowest BCUT2D eigenvalue weighted by Gasteiger charge is -2.30. The van der Waals surface area contributed by atoms with E-state index in [0.29, 0.717) is 35.7 Å². The van der Waals surface area contributed by atoms with Gasteiger partial charge in [-0.1, -0.05) is 11.6 Å². The predicted octanol–water partition coefficient (Wildman–Crippen LogP) is 2.91. The number of halogens is 1. The number of aromatic nitrogens is 2. The van der Waals surface area contributed by atoms with Crippen molar-refractivity contribution in [2.75, 3.05) is 33.4 Å². The third-order valence-corrected chi connectivity index (χ3v) is 4.65. The van der Waals surface area contributed by atoms with Crippen LogP contribution in [0.1, 0.15) is 12.8 Å². The number of nitriles is 1. The van der Waals surface area contributed by atoms with Crippen molar-refractivity contribution in [3.05, 3.63) is 23.6 Å². The second-order valence-corrected chi connectivity index (χ2v) is 6.23. The van der Waals surface area contributed by atoms with Crippen LogP contribution in [-0.4, -0.2) is 48.2 Å². The van der Waals surface area contributed by atoms with Crippen LogP contribution in [0.5, 0.6) is 11.5 Å². The van der Waals surface area contributed by atoms with Gasteiger partial charge in [-0.15, -0.1) is 0 Å². The third kappa shape index (κ3) is 3.69. The van der Waals surface area contributed by atoms with Gasteiger partial charge in [-0.25, -0.2) is 9.97 Å². The van der Waals surface area contributed by atoms with Crippen molar-refractivity contribution in [3.8, 4) is 17.6 Å². The van der Waals surface area contributed by atoms with Gasteiger partial charge in [0.1, 0.15) is 11.5 Å². The first-order valence-electron chi connectivity index (χ1n) is 7.91. The van der Waals surface area contributed by atoms with Crippen molar-refractivity contribution >= 4 is 22.5 Å². The fraction of sp³-hybridized carbons (Fsp3) is 0.471. The van der Waals surface area contributed by atoms with E-state index in [2.05, 4.69) is 20.9 Å². The number of likely N-dealkylation sites (tertiary alicyclic amines) is 1. The molecule has 1 saturated heterocycles. The van der Waals surface area contributed by atoms with Crippen LogP contribution in [0.15, 0.2) is 18.5 Å². The largest absolute Gasteiger partial charge is 0.493 e. The van der Waals surface area contributed by atoms with E-state index < -0.39 is 0 Å². The van der Waals surface area contributed by atoms with Crippen LogP contribution in [0.3, 0.4) is 0 Å². The Morgan fingerprint density at radius 1 is 1.29 bits per heavy atom. The number of nitrogens with zero attached hydrogens (tertiary/aromatic N) is 4. The summed E-state index contributed by atoms with van der Waals surface area (Å²) in [6.07, 6.45) is 3.50. The summed E-state index contributed by atoms with van der Waals surface area (Å²) in [5.74, 6) is 1.77. The number of piperidine rings is 1. The van der Waals surface area contributed by atoms with Crippen molar-refractivity contribution < 1.29 is 9.47 Å². The van der Waals surface area contributed by atoms with Gasteiger partial charge in [0.2, 0.25) is 0 Å². The zero-order valence-corrected chi connectivity index (χ0v) is 14.3. The highest BCUT2D eigenvalue weighted by molar-refractivity contribution is 6.34. The van der Waals surface area contributed by atoms with Gasteiger partial charge in [0.15, 0.2) is 11.5 Å². The van der Waals surface area contributed by atoms with Crippen molar-refractivity contribution in [1.82, 2.24) is 14.9 Å². The SMILES string of the molecule is COc1cc2c(Cl)ncnc2cc1OCC1CCN(CC#N)CC1. The molecule has 7 heteroatoms. The van der Waals surface area contributed by atoms with Crippen molar-refractivity contribution in [3.63, 3.8) is 0 Å². The van der Waals surface area contributed by atoms with Gasteiger partial charge in [-0.2, -0.15) is 5.26 Å². The second-order valence-electron chi connectivity index (χ2n) is 5.87. The first-order chi connectivity index (χ1) is 11.7. The monoisotopic (exact) mass is 346 g/mol. The molecule has 126 valence electrons. The highest BCUT2D eigenvalue weighted by Crippen LogP contribution is 2.34. The summed E-state index contributed by atoms with van der Waals surface area (Å²) in [7, 11) is 1.60. The molecule has 1 fully saturated rings. The van der Waals surface area contributed by atoms with E-state index in [9.17, 15) is 0 Å². The summed E-state index contributed by atoms with van der Waals surface area (Å²) in [5, 5.41) is 9.89. The zero-order valence-electron chi connectivity index (χ0n) is 13.5. The fourth-order valence-corrected chi connectivity index (χ4v) is 3.12. The lowest BCUT2D eigenvalue weighted by Crippen LogP contribution is -2.35. The molecule has 1 aliphatic heterocycles. The minimum atomic E-state index is 0.398. The lowest BCUT2D eigenvalue weighted by atomic mass is 9.98. The van der Waals surface area contributed by atoms with Crippen LogP contribution in [0.25, 0.3) is 10.9 Å². The summed E-state index contributed by atoms with van der Waals surface area (Å²) in [6.45, 7) is 3.02. The molecule has 0 saturated carbocycles. The van der Waals surface area contributed by atoms with Crippen LogP contribution in [-0.2, 0) is 0 Å². The molecular weight excluding hydrogens is 328 g/mol. The average Bonchev–Trinajstić information content (AvgIpc) is 2.61. The van der Waals surface area contributed by atoms with Crippen molar-refractivity contribution in [2.45, 2.75) is 12.8 Å². The molecular formula is C17H19ClN4O2. The Hall–Kier alpha value is -2.10. The number of hydrogen-bond acceptors (Lipinski definition) is 6. The summed E-state index contributed by atoms with van der Waals surface area (Å²) in [5.41, 5.74) is 0.731. The number of hydrogen-bond donors (Lipinski definition) is 0. The van der Waals surface area contributed by atoms with Gasteiger partial charge in [-0.05, 0) is 37.9 Å². The van der Waals surface area contributed by atoms with Gasteiger partial charge in [0.05, 0.1) is 31.8 Å². The molecule has 0 amide bonds. The van der Waals surface area contributed by atoms with Gasteiger partial charge in [0.25, 0.3) is 0 Å². The number of ether oxygens (including phenoxy) is 2. The standard InChI is InChI=1S/C17H19ClN4O2/c1-23-15-8-13-14(20-11-21-17(13)18)9-16(15)24-10-12-2-5-22(6-3-12)7-4-19/h8-9,11-12H,2-3,5-7,10H2,1H3. The van der Waals surface area contributed by atoms with Crippen LogP contribution in [0, 0.1) is 17.2 Å². The molecule has 0 spiro atoms. The van der Waals surface area contributed by atoms with E-state index in [-0.39, 0.29) is 0 Å². The molecule has 0 unspecified atom stereocenters. The minimum Gasteiger partial charge on any atom is -0.493 e. The first-order valence-corrected chi connectivity index (χ1v) is 8.29. The Balaban J connectivity index is 1.68. The van der Waals surface area contributed by atoms with E-state index in [0.717, 1.165) is 36.8 Å². The Morgan fingerprint density at radius 3 is 2.79 bits per heavy atom. The molecule has 2 heterocycles. The minimum absolute atomic E-state index is 0.398. The zero-order chi connectivity index (χ0) is 16.9. The van der Waals surface area contributed by atoms with Crippen molar-refractivity contribution in [1.29, 1.82) is 5.26 Å². The van der Waals surface area contributed by atoms with E-state index in [4.69, 9.17) is 26.3 Å². The lowest BCUT2D eigenvalue weighted by molar-refractivity contribution is 0.149. The number of rotatable bonds is 5. The molecule has 1 aromatic heterocycles. The van der Waals surface area contributed by atoms with E-state index in [1.807, 2.05) is 12.1 Å². The summed E-state index contributed by atoms with van der Waals surface area (Å²) >= 11 is 6.10.